The quantitative estimate of drug-likeness (QED) is 0.534. The maximum absolute atomic E-state index is 10.3. The van der Waals surface area contributed by atoms with Crippen molar-refractivity contribution < 1.29 is 4.79 Å². The van der Waals surface area contributed by atoms with Crippen LogP contribution in [0.3, 0.4) is 0 Å². The minimum absolute atomic E-state index is 0.496. The van der Waals surface area contributed by atoms with Crippen LogP contribution >= 0.6 is 11.6 Å². The molecule has 0 radical (unpaired) electrons. The average molecular weight is 184 g/mol. The van der Waals surface area contributed by atoms with E-state index < -0.39 is 6.04 Å². The normalized spacial score (nSPS) is 12.1. The number of aldehydes is 1. The van der Waals surface area contributed by atoms with Gasteiger partial charge in [0, 0.05) is 5.02 Å². The summed E-state index contributed by atoms with van der Waals surface area (Å²) in [7, 11) is 0. The summed E-state index contributed by atoms with van der Waals surface area (Å²) in [6, 6.07) is 5.50. The molecule has 1 atom stereocenters. The maximum Gasteiger partial charge on any atom is 0.172 e. The Morgan fingerprint density at radius 3 is 2.33 bits per heavy atom. The lowest BCUT2D eigenvalue weighted by atomic mass is 10.1. The Morgan fingerprint density at radius 1 is 1.33 bits per heavy atom. The highest BCUT2D eigenvalue weighted by Gasteiger charge is 2.08. The molecule has 0 amide bonds. The molecule has 0 saturated carbocycles. The minimum Gasteiger partial charge on any atom is -0.300 e. The molecule has 12 heavy (non-hydrogen) atoms. The van der Waals surface area contributed by atoms with Crippen LogP contribution in [-0.4, -0.2) is 6.29 Å². The molecule has 4 heteroatoms. The fourth-order valence-corrected chi connectivity index (χ4v) is 0.950. The van der Waals surface area contributed by atoms with E-state index in [1.54, 1.807) is 24.3 Å². The number of halogens is 1. The molecule has 0 spiro atoms. The number of nitroso groups, excluding NO2 is 1. The molecule has 0 aliphatic heterocycles. The lowest BCUT2D eigenvalue weighted by Crippen LogP contribution is -1.94. The van der Waals surface area contributed by atoms with E-state index in [9.17, 15) is 9.70 Å². The number of hydrogen-bond donors (Lipinski definition) is 0. The van der Waals surface area contributed by atoms with Gasteiger partial charge in [0.15, 0.2) is 12.3 Å². The Labute approximate surface area is 74.3 Å². The van der Waals surface area contributed by atoms with Gasteiger partial charge in [-0.3, -0.25) is 0 Å². The monoisotopic (exact) mass is 183 g/mol. The van der Waals surface area contributed by atoms with E-state index in [2.05, 4.69) is 5.18 Å². The van der Waals surface area contributed by atoms with Crippen LogP contribution in [0, 0.1) is 4.91 Å². The minimum atomic E-state index is -0.915. The predicted octanol–water partition coefficient (Wildman–Crippen LogP) is 2.35. The molecule has 0 N–H and O–H groups in total. The summed E-state index contributed by atoms with van der Waals surface area (Å²) < 4.78 is 0. The Bertz CT molecular complexity index is 276. The SMILES string of the molecule is O=CC(N=O)c1ccc(Cl)cc1. The molecule has 0 aliphatic carbocycles. The second kappa shape index (κ2) is 3.97. The molecule has 1 aromatic carbocycles. The van der Waals surface area contributed by atoms with Crippen molar-refractivity contribution in [3.05, 3.63) is 39.8 Å². The molecule has 1 rings (SSSR count). The summed E-state index contributed by atoms with van der Waals surface area (Å²) in [4.78, 5) is 20.4. The fraction of sp³-hybridized carbons (Fsp3) is 0.125. The second-order valence-electron chi connectivity index (χ2n) is 2.24. The molecular formula is C8H6ClNO2. The molecule has 0 saturated heterocycles. The van der Waals surface area contributed by atoms with Gasteiger partial charge in [-0.25, -0.2) is 0 Å². The van der Waals surface area contributed by atoms with E-state index >= 15 is 0 Å². The fourth-order valence-electron chi connectivity index (χ4n) is 0.824. The van der Waals surface area contributed by atoms with Crippen molar-refractivity contribution in [2.45, 2.75) is 6.04 Å². The van der Waals surface area contributed by atoms with E-state index in [4.69, 9.17) is 11.6 Å². The lowest BCUT2D eigenvalue weighted by Gasteiger charge is -1.99. The van der Waals surface area contributed by atoms with Gasteiger partial charge in [0.1, 0.15) is 0 Å². The third-order valence-corrected chi connectivity index (χ3v) is 1.71. The molecule has 0 bridgehead atoms. The van der Waals surface area contributed by atoms with Gasteiger partial charge in [-0.2, -0.15) is 0 Å². The molecule has 0 fully saturated rings. The second-order valence-corrected chi connectivity index (χ2v) is 2.67. The number of hydrogen-bond acceptors (Lipinski definition) is 3. The Morgan fingerprint density at radius 2 is 1.92 bits per heavy atom. The highest BCUT2D eigenvalue weighted by molar-refractivity contribution is 6.30. The van der Waals surface area contributed by atoms with Gasteiger partial charge in [0.2, 0.25) is 0 Å². The van der Waals surface area contributed by atoms with Crippen LogP contribution in [0.1, 0.15) is 11.6 Å². The maximum atomic E-state index is 10.3. The number of benzene rings is 1. The van der Waals surface area contributed by atoms with Crippen LogP contribution in [0.4, 0.5) is 0 Å². The molecule has 1 aromatic rings. The van der Waals surface area contributed by atoms with Gasteiger partial charge < -0.3 is 4.79 Å². The van der Waals surface area contributed by atoms with Crippen molar-refractivity contribution in [3.8, 4) is 0 Å². The standard InChI is InChI=1S/C8H6ClNO2/c9-7-3-1-6(2-4-7)8(5-11)10-12/h1-5,8H. The number of rotatable bonds is 3. The zero-order chi connectivity index (χ0) is 8.97. The summed E-state index contributed by atoms with van der Waals surface area (Å²) in [5.41, 5.74) is 0.560. The van der Waals surface area contributed by atoms with Crippen LogP contribution in [0.2, 0.25) is 5.02 Å². The molecule has 1 unspecified atom stereocenters. The van der Waals surface area contributed by atoms with Gasteiger partial charge in [-0.15, -0.1) is 4.91 Å². The molecule has 3 nitrogen and oxygen atoms in total. The van der Waals surface area contributed by atoms with Crippen LogP contribution in [-0.2, 0) is 4.79 Å². The van der Waals surface area contributed by atoms with Crippen molar-refractivity contribution in [1.82, 2.24) is 0 Å². The van der Waals surface area contributed by atoms with E-state index in [-0.39, 0.29) is 0 Å². The highest BCUT2D eigenvalue weighted by atomic mass is 35.5. The third-order valence-electron chi connectivity index (χ3n) is 1.45. The van der Waals surface area contributed by atoms with Crippen LogP contribution in [0.5, 0.6) is 0 Å². The van der Waals surface area contributed by atoms with Gasteiger partial charge in [-0.05, 0) is 17.7 Å². The average Bonchev–Trinajstić information content (AvgIpc) is 2.10. The first-order chi connectivity index (χ1) is 5.77. The smallest absolute Gasteiger partial charge is 0.172 e. The van der Waals surface area contributed by atoms with Crippen molar-refractivity contribution in [1.29, 1.82) is 0 Å². The molecule has 0 aliphatic rings. The van der Waals surface area contributed by atoms with E-state index in [1.807, 2.05) is 0 Å². The number of carbonyl (C=O) groups excluding carboxylic acids is 1. The molecule has 0 aromatic heterocycles. The molecule has 62 valence electrons. The van der Waals surface area contributed by atoms with Crippen LogP contribution in [0.15, 0.2) is 29.4 Å². The van der Waals surface area contributed by atoms with Gasteiger partial charge in [0.05, 0.1) is 0 Å². The van der Waals surface area contributed by atoms with Gasteiger partial charge in [-0.1, -0.05) is 28.9 Å². The summed E-state index contributed by atoms with van der Waals surface area (Å²) in [5.74, 6) is 0. The van der Waals surface area contributed by atoms with Crippen molar-refractivity contribution in [2.24, 2.45) is 5.18 Å². The Hall–Kier alpha value is -1.22. The summed E-state index contributed by atoms with van der Waals surface area (Å²) in [5, 5.41) is 3.21. The Kier molecular flexibility index (Phi) is 2.94. The zero-order valence-electron chi connectivity index (χ0n) is 6.11. The van der Waals surface area contributed by atoms with E-state index in [0.717, 1.165) is 0 Å². The summed E-state index contributed by atoms with van der Waals surface area (Å²) in [6.45, 7) is 0. The Balaban J connectivity index is 2.94. The first-order valence-electron chi connectivity index (χ1n) is 3.31. The first kappa shape index (κ1) is 8.87. The topological polar surface area (TPSA) is 46.5 Å². The summed E-state index contributed by atoms with van der Waals surface area (Å²) >= 11 is 5.61. The lowest BCUT2D eigenvalue weighted by molar-refractivity contribution is -0.108. The van der Waals surface area contributed by atoms with Crippen molar-refractivity contribution in [3.63, 3.8) is 0 Å². The van der Waals surface area contributed by atoms with Gasteiger partial charge >= 0.3 is 0 Å². The van der Waals surface area contributed by atoms with Crippen LogP contribution < -0.4 is 0 Å². The third kappa shape index (κ3) is 1.89. The van der Waals surface area contributed by atoms with Crippen molar-refractivity contribution >= 4 is 17.9 Å². The predicted molar refractivity (Wildman–Crippen MR) is 46.1 cm³/mol. The zero-order valence-corrected chi connectivity index (χ0v) is 6.86. The van der Waals surface area contributed by atoms with Crippen LogP contribution in [0.25, 0.3) is 0 Å². The molecular weight excluding hydrogens is 178 g/mol. The van der Waals surface area contributed by atoms with E-state index in [1.165, 1.54) is 0 Å². The van der Waals surface area contributed by atoms with Crippen molar-refractivity contribution in [2.75, 3.05) is 0 Å². The highest BCUT2D eigenvalue weighted by Crippen LogP contribution is 2.17. The largest absolute Gasteiger partial charge is 0.300 e. The van der Waals surface area contributed by atoms with E-state index in [0.29, 0.717) is 16.9 Å². The number of carbonyl (C=O) groups is 1. The molecule has 0 heterocycles. The van der Waals surface area contributed by atoms with Gasteiger partial charge in [0.25, 0.3) is 0 Å². The first-order valence-corrected chi connectivity index (χ1v) is 3.69. The summed E-state index contributed by atoms with van der Waals surface area (Å²) in [6.07, 6.45) is 0.496. The number of nitrogens with zero attached hydrogens (tertiary/aromatic N) is 1.